The molecule has 2 aromatic rings. The van der Waals surface area contributed by atoms with Crippen LogP contribution in [0.4, 0.5) is 4.39 Å². The SMILES string of the molecule is CCOc1cc(C=NN=C(N)N)ccc1OCc1ccc(F)cc1Cl. The molecule has 8 heteroatoms. The van der Waals surface area contributed by atoms with Crippen LogP contribution in [0.5, 0.6) is 11.5 Å². The predicted molar refractivity (Wildman–Crippen MR) is 96.8 cm³/mol. The van der Waals surface area contributed by atoms with Gasteiger partial charge >= 0.3 is 0 Å². The molecule has 0 aliphatic carbocycles. The Hall–Kier alpha value is -2.80. The topological polar surface area (TPSA) is 95.2 Å². The molecule has 0 saturated carbocycles. The first-order valence-corrected chi connectivity index (χ1v) is 7.83. The number of benzene rings is 2. The largest absolute Gasteiger partial charge is 0.490 e. The Labute approximate surface area is 149 Å². The van der Waals surface area contributed by atoms with Gasteiger partial charge in [-0.1, -0.05) is 17.7 Å². The van der Waals surface area contributed by atoms with Crippen LogP contribution in [0.3, 0.4) is 0 Å². The van der Waals surface area contributed by atoms with Gasteiger partial charge < -0.3 is 20.9 Å². The highest BCUT2D eigenvalue weighted by Crippen LogP contribution is 2.29. The summed E-state index contributed by atoms with van der Waals surface area (Å²) in [5.41, 5.74) is 11.8. The summed E-state index contributed by atoms with van der Waals surface area (Å²) in [4.78, 5) is 0. The summed E-state index contributed by atoms with van der Waals surface area (Å²) in [5, 5.41) is 7.59. The van der Waals surface area contributed by atoms with Crippen LogP contribution in [0.15, 0.2) is 46.6 Å². The van der Waals surface area contributed by atoms with Gasteiger partial charge in [-0.05, 0) is 42.8 Å². The molecule has 6 nitrogen and oxygen atoms in total. The molecular formula is C17H18ClFN4O2. The van der Waals surface area contributed by atoms with Gasteiger partial charge in [0.05, 0.1) is 17.8 Å². The van der Waals surface area contributed by atoms with Crippen molar-refractivity contribution in [1.82, 2.24) is 0 Å². The summed E-state index contributed by atoms with van der Waals surface area (Å²) in [6.45, 7) is 2.50. The molecule has 0 atom stereocenters. The third kappa shape index (κ3) is 5.65. The molecule has 0 spiro atoms. The molecule has 0 amide bonds. The van der Waals surface area contributed by atoms with Crippen molar-refractivity contribution in [2.45, 2.75) is 13.5 Å². The Kier molecular flexibility index (Phi) is 6.59. The quantitative estimate of drug-likeness (QED) is 0.448. The number of hydrogen-bond donors (Lipinski definition) is 2. The lowest BCUT2D eigenvalue weighted by atomic mass is 10.2. The van der Waals surface area contributed by atoms with Crippen LogP contribution >= 0.6 is 11.6 Å². The van der Waals surface area contributed by atoms with Gasteiger partial charge in [-0.25, -0.2) is 4.39 Å². The molecule has 0 aliphatic heterocycles. The van der Waals surface area contributed by atoms with Crippen molar-refractivity contribution < 1.29 is 13.9 Å². The maximum absolute atomic E-state index is 13.1. The fourth-order valence-electron chi connectivity index (χ4n) is 1.95. The third-order valence-electron chi connectivity index (χ3n) is 3.05. The first-order chi connectivity index (χ1) is 12.0. The number of ether oxygens (including phenoxy) is 2. The Balaban J connectivity index is 2.16. The molecule has 0 bridgehead atoms. The van der Waals surface area contributed by atoms with E-state index in [1.807, 2.05) is 6.92 Å². The molecule has 0 heterocycles. The standard InChI is InChI=1S/C17H18ClFN4O2/c1-2-24-16-7-11(9-22-23-17(20)21)3-6-15(16)25-10-12-4-5-13(19)8-14(12)18/h3-9H,2,10H2,1H3,(H4,20,21,23). The second-order valence-electron chi connectivity index (χ2n) is 4.93. The van der Waals surface area contributed by atoms with E-state index in [0.29, 0.717) is 28.7 Å². The van der Waals surface area contributed by atoms with Crippen LogP contribution in [0.1, 0.15) is 18.1 Å². The Bertz CT molecular complexity index is 792. The van der Waals surface area contributed by atoms with Gasteiger partial charge in [0.25, 0.3) is 0 Å². The maximum atomic E-state index is 13.1. The van der Waals surface area contributed by atoms with Crippen molar-refractivity contribution in [3.8, 4) is 11.5 Å². The van der Waals surface area contributed by atoms with Crippen LogP contribution in [0.25, 0.3) is 0 Å². The van der Waals surface area contributed by atoms with E-state index in [2.05, 4.69) is 10.2 Å². The van der Waals surface area contributed by atoms with Gasteiger partial charge in [-0.2, -0.15) is 5.10 Å². The van der Waals surface area contributed by atoms with E-state index >= 15 is 0 Å². The molecule has 0 aliphatic rings. The van der Waals surface area contributed by atoms with E-state index in [0.717, 1.165) is 5.56 Å². The molecule has 0 unspecified atom stereocenters. The minimum Gasteiger partial charge on any atom is -0.490 e. The van der Waals surface area contributed by atoms with Crippen molar-refractivity contribution in [1.29, 1.82) is 0 Å². The lowest BCUT2D eigenvalue weighted by Gasteiger charge is -2.13. The second kappa shape index (κ2) is 8.89. The lowest BCUT2D eigenvalue weighted by molar-refractivity contribution is 0.269. The minimum absolute atomic E-state index is 0.127. The molecular weight excluding hydrogens is 347 g/mol. The summed E-state index contributed by atoms with van der Waals surface area (Å²) in [5.74, 6) is 0.543. The first kappa shape index (κ1) is 18.5. The number of halogens is 2. The first-order valence-electron chi connectivity index (χ1n) is 7.45. The van der Waals surface area contributed by atoms with Gasteiger partial charge in [-0.15, -0.1) is 5.10 Å². The third-order valence-corrected chi connectivity index (χ3v) is 3.40. The normalized spacial score (nSPS) is 10.7. The van der Waals surface area contributed by atoms with Crippen LogP contribution in [0, 0.1) is 5.82 Å². The predicted octanol–water partition coefficient (Wildman–Crippen LogP) is 3.06. The number of nitrogens with two attached hydrogens (primary N) is 2. The van der Waals surface area contributed by atoms with Crippen LogP contribution in [0.2, 0.25) is 5.02 Å². The van der Waals surface area contributed by atoms with Crippen molar-refractivity contribution >= 4 is 23.8 Å². The average Bonchev–Trinajstić information content (AvgIpc) is 2.55. The highest BCUT2D eigenvalue weighted by molar-refractivity contribution is 6.31. The molecule has 0 fully saturated rings. The van der Waals surface area contributed by atoms with E-state index < -0.39 is 5.82 Å². The zero-order chi connectivity index (χ0) is 18.2. The van der Waals surface area contributed by atoms with Gasteiger partial charge in [0, 0.05) is 5.56 Å². The Morgan fingerprint density at radius 3 is 2.64 bits per heavy atom. The van der Waals surface area contributed by atoms with Crippen molar-refractivity contribution in [2.24, 2.45) is 21.7 Å². The Morgan fingerprint density at radius 2 is 1.96 bits per heavy atom. The van der Waals surface area contributed by atoms with E-state index in [-0.39, 0.29) is 12.6 Å². The molecule has 2 rings (SSSR count). The number of hydrogen-bond acceptors (Lipinski definition) is 4. The Morgan fingerprint density at radius 1 is 1.16 bits per heavy atom. The summed E-state index contributed by atoms with van der Waals surface area (Å²) in [7, 11) is 0. The van der Waals surface area contributed by atoms with Gasteiger partial charge in [0.15, 0.2) is 11.5 Å². The van der Waals surface area contributed by atoms with Crippen LogP contribution in [-0.2, 0) is 6.61 Å². The molecule has 25 heavy (non-hydrogen) atoms. The highest BCUT2D eigenvalue weighted by Gasteiger charge is 2.08. The number of guanidine groups is 1. The lowest BCUT2D eigenvalue weighted by Crippen LogP contribution is -2.21. The summed E-state index contributed by atoms with van der Waals surface area (Å²) in [6, 6.07) is 9.41. The maximum Gasteiger partial charge on any atom is 0.211 e. The molecule has 4 N–H and O–H groups in total. The molecule has 2 aromatic carbocycles. The fraction of sp³-hybridized carbons (Fsp3) is 0.176. The van der Waals surface area contributed by atoms with E-state index in [4.69, 9.17) is 32.5 Å². The monoisotopic (exact) mass is 364 g/mol. The van der Waals surface area contributed by atoms with E-state index in [1.165, 1.54) is 18.3 Å². The summed E-state index contributed by atoms with van der Waals surface area (Å²) >= 11 is 6.00. The van der Waals surface area contributed by atoms with Crippen LogP contribution < -0.4 is 20.9 Å². The van der Waals surface area contributed by atoms with Gasteiger partial charge in [0.1, 0.15) is 12.4 Å². The molecule has 0 saturated heterocycles. The molecule has 0 radical (unpaired) electrons. The zero-order valence-electron chi connectivity index (χ0n) is 13.6. The second-order valence-corrected chi connectivity index (χ2v) is 5.34. The van der Waals surface area contributed by atoms with Crippen molar-refractivity contribution in [2.75, 3.05) is 6.61 Å². The summed E-state index contributed by atoms with van der Waals surface area (Å²) in [6.07, 6.45) is 1.49. The van der Waals surface area contributed by atoms with Crippen LogP contribution in [-0.4, -0.2) is 18.8 Å². The van der Waals surface area contributed by atoms with E-state index in [9.17, 15) is 4.39 Å². The number of rotatable bonds is 7. The number of nitrogens with zero attached hydrogens (tertiary/aromatic N) is 2. The zero-order valence-corrected chi connectivity index (χ0v) is 14.3. The van der Waals surface area contributed by atoms with Crippen molar-refractivity contribution in [3.05, 3.63) is 58.4 Å². The van der Waals surface area contributed by atoms with Gasteiger partial charge in [0.2, 0.25) is 5.96 Å². The molecule has 132 valence electrons. The van der Waals surface area contributed by atoms with Gasteiger partial charge in [-0.3, -0.25) is 0 Å². The molecule has 0 aromatic heterocycles. The smallest absolute Gasteiger partial charge is 0.211 e. The fourth-order valence-corrected chi connectivity index (χ4v) is 2.17. The van der Waals surface area contributed by atoms with Crippen molar-refractivity contribution in [3.63, 3.8) is 0 Å². The van der Waals surface area contributed by atoms with E-state index in [1.54, 1.807) is 24.3 Å². The minimum atomic E-state index is -0.395. The average molecular weight is 365 g/mol. The summed E-state index contributed by atoms with van der Waals surface area (Å²) < 4.78 is 24.4. The highest BCUT2D eigenvalue weighted by atomic mass is 35.5.